The van der Waals surface area contributed by atoms with E-state index in [-0.39, 0.29) is 11.1 Å². The first-order valence-electron chi connectivity index (χ1n) is 5.45. The van der Waals surface area contributed by atoms with Gasteiger partial charge in [0.15, 0.2) is 0 Å². The number of alkyl halides is 6. The molecule has 2 aromatic carbocycles. The van der Waals surface area contributed by atoms with E-state index in [0.717, 1.165) is 24.3 Å². The molecule has 20 heavy (non-hydrogen) atoms. The van der Waals surface area contributed by atoms with Gasteiger partial charge in [-0.1, -0.05) is 30.3 Å². The smallest absolute Gasteiger partial charge is 0.166 e. The van der Waals surface area contributed by atoms with Gasteiger partial charge in [0.1, 0.15) is 0 Å². The van der Waals surface area contributed by atoms with Crippen molar-refractivity contribution < 1.29 is 26.3 Å². The molecule has 0 unspecified atom stereocenters. The van der Waals surface area contributed by atoms with Crippen LogP contribution in [-0.4, -0.2) is 0 Å². The summed E-state index contributed by atoms with van der Waals surface area (Å²) in [6.45, 7) is 0. The summed E-state index contributed by atoms with van der Waals surface area (Å²) in [5, 5.41) is 0. The van der Waals surface area contributed by atoms with Gasteiger partial charge in [-0.3, -0.25) is 0 Å². The second-order valence-electron chi connectivity index (χ2n) is 4.04. The third-order valence-electron chi connectivity index (χ3n) is 2.64. The number of hydrogen-bond donors (Lipinski definition) is 0. The first-order chi connectivity index (χ1) is 9.19. The van der Waals surface area contributed by atoms with E-state index in [2.05, 4.69) is 0 Å². The van der Waals surface area contributed by atoms with Crippen molar-refractivity contribution in [3.05, 3.63) is 59.7 Å². The Labute approximate surface area is 110 Å². The number of hydrogen-bond acceptors (Lipinski definition) is 0. The molecule has 0 aliphatic heterocycles. The van der Waals surface area contributed by atoms with Crippen molar-refractivity contribution in [3.8, 4) is 11.1 Å². The molecule has 6 heteroatoms. The fourth-order valence-corrected chi connectivity index (χ4v) is 1.78. The molecule has 0 nitrogen and oxygen atoms in total. The molecule has 0 heterocycles. The van der Waals surface area contributed by atoms with Crippen LogP contribution in [0, 0.1) is 6.07 Å². The van der Waals surface area contributed by atoms with E-state index >= 15 is 0 Å². The van der Waals surface area contributed by atoms with Crippen LogP contribution in [0.5, 0.6) is 0 Å². The first-order valence-corrected chi connectivity index (χ1v) is 5.45. The fraction of sp³-hybridized carbons (Fsp3) is 0.143. The number of halogens is 6. The highest BCUT2D eigenvalue weighted by molar-refractivity contribution is 5.68. The van der Waals surface area contributed by atoms with Crippen molar-refractivity contribution in [2.24, 2.45) is 0 Å². The molecule has 0 spiro atoms. The predicted octanol–water partition coefficient (Wildman–Crippen LogP) is 5.19. The number of rotatable bonds is 1. The average molecular weight is 289 g/mol. The first kappa shape index (κ1) is 14.4. The molecule has 2 aromatic rings. The molecule has 105 valence electrons. The molecule has 0 saturated heterocycles. The van der Waals surface area contributed by atoms with Gasteiger partial charge < -0.3 is 0 Å². The summed E-state index contributed by atoms with van der Waals surface area (Å²) in [6, 6.07) is 9.29. The Kier molecular flexibility index (Phi) is 3.50. The van der Waals surface area contributed by atoms with Crippen molar-refractivity contribution in [3.63, 3.8) is 0 Å². The minimum atomic E-state index is -4.68. The van der Waals surface area contributed by atoms with Crippen molar-refractivity contribution in [2.75, 3.05) is 0 Å². The van der Waals surface area contributed by atoms with Crippen LogP contribution in [0.3, 0.4) is 0 Å². The minimum Gasteiger partial charge on any atom is -0.166 e. The molecular formula is C14H7F6. The van der Waals surface area contributed by atoms with E-state index < -0.39 is 23.5 Å². The summed E-state index contributed by atoms with van der Waals surface area (Å²) in [7, 11) is 0. The molecule has 0 amide bonds. The summed E-state index contributed by atoms with van der Waals surface area (Å²) in [6.07, 6.45) is -9.28. The van der Waals surface area contributed by atoms with Crippen molar-refractivity contribution in [1.82, 2.24) is 0 Å². The van der Waals surface area contributed by atoms with Crippen LogP contribution in [0.2, 0.25) is 0 Å². The summed E-state index contributed by atoms with van der Waals surface area (Å²) >= 11 is 0. The Morgan fingerprint density at radius 2 is 1.50 bits per heavy atom. The van der Waals surface area contributed by atoms with E-state index in [4.69, 9.17) is 0 Å². The zero-order valence-electron chi connectivity index (χ0n) is 9.81. The summed E-state index contributed by atoms with van der Waals surface area (Å²) in [4.78, 5) is 0. The van der Waals surface area contributed by atoms with Gasteiger partial charge in [0, 0.05) is 0 Å². The second-order valence-corrected chi connectivity index (χ2v) is 4.04. The molecule has 1 radical (unpaired) electrons. The highest BCUT2D eigenvalue weighted by Gasteiger charge is 2.35. The van der Waals surface area contributed by atoms with Gasteiger partial charge in [-0.05, 0) is 29.3 Å². The van der Waals surface area contributed by atoms with Crippen LogP contribution in [-0.2, 0) is 12.4 Å². The Morgan fingerprint density at radius 1 is 0.800 bits per heavy atom. The SMILES string of the molecule is FC(F)(F)c1cccc(-c2ccc[c]c2C(F)(F)F)c1. The monoisotopic (exact) mass is 289 g/mol. The zero-order chi connectivity index (χ0) is 15.0. The van der Waals surface area contributed by atoms with Crippen LogP contribution in [0.25, 0.3) is 11.1 Å². The van der Waals surface area contributed by atoms with Gasteiger partial charge in [0.2, 0.25) is 0 Å². The Bertz CT molecular complexity index is 610. The Balaban J connectivity index is 2.59. The highest BCUT2D eigenvalue weighted by Crippen LogP contribution is 2.38. The normalized spacial score (nSPS) is 12.5. The molecule has 0 aromatic heterocycles. The standard InChI is InChI=1S/C14H7F6/c15-13(16,17)10-5-3-4-9(8-10)11-6-1-2-7-12(11)14(18,19)20/h1-6,8H. The summed E-state index contributed by atoms with van der Waals surface area (Å²) in [5.74, 6) is 0. The van der Waals surface area contributed by atoms with Crippen molar-refractivity contribution in [1.29, 1.82) is 0 Å². The van der Waals surface area contributed by atoms with Crippen molar-refractivity contribution in [2.45, 2.75) is 12.4 Å². The Morgan fingerprint density at radius 3 is 2.10 bits per heavy atom. The zero-order valence-corrected chi connectivity index (χ0v) is 9.81. The lowest BCUT2D eigenvalue weighted by atomic mass is 9.97. The molecule has 0 aliphatic rings. The minimum absolute atomic E-state index is 0.149. The maximum atomic E-state index is 12.8. The number of benzene rings is 2. The van der Waals surface area contributed by atoms with E-state index in [0.29, 0.717) is 6.07 Å². The molecule has 0 saturated carbocycles. The lowest BCUT2D eigenvalue weighted by Crippen LogP contribution is -2.08. The van der Waals surface area contributed by atoms with E-state index in [9.17, 15) is 26.3 Å². The topological polar surface area (TPSA) is 0 Å². The lowest BCUT2D eigenvalue weighted by molar-refractivity contribution is -0.137. The van der Waals surface area contributed by atoms with Gasteiger partial charge >= 0.3 is 12.4 Å². The van der Waals surface area contributed by atoms with Crippen molar-refractivity contribution >= 4 is 0 Å². The van der Waals surface area contributed by atoms with Gasteiger partial charge in [0.05, 0.1) is 11.1 Å². The molecular weight excluding hydrogens is 282 g/mol. The van der Waals surface area contributed by atoms with Crippen LogP contribution in [0.15, 0.2) is 42.5 Å². The van der Waals surface area contributed by atoms with E-state index in [1.807, 2.05) is 6.07 Å². The molecule has 0 bridgehead atoms. The van der Waals surface area contributed by atoms with Gasteiger partial charge in [-0.2, -0.15) is 26.3 Å². The molecule has 2 rings (SSSR count). The molecule has 0 fully saturated rings. The second kappa shape index (κ2) is 4.85. The lowest BCUT2D eigenvalue weighted by Gasteiger charge is -2.14. The largest absolute Gasteiger partial charge is 0.417 e. The Hall–Kier alpha value is -1.98. The fourth-order valence-electron chi connectivity index (χ4n) is 1.78. The van der Waals surface area contributed by atoms with Crippen LogP contribution >= 0.6 is 0 Å². The maximum Gasteiger partial charge on any atom is 0.417 e. The third kappa shape index (κ3) is 2.95. The van der Waals surface area contributed by atoms with Gasteiger partial charge in [-0.15, -0.1) is 0 Å². The van der Waals surface area contributed by atoms with E-state index in [1.54, 1.807) is 0 Å². The average Bonchev–Trinajstić information content (AvgIpc) is 2.37. The summed E-state index contributed by atoms with van der Waals surface area (Å²) < 4.78 is 76.2. The predicted molar refractivity (Wildman–Crippen MR) is 60.7 cm³/mol. The maximum absolute atomic E-state index is 12.8. The van der Waals surface area contributed by atoms with Gasteiger partial charge in [-0.25, -0.2) is 0 Å². The quantitative estimate of drug-likeness (QED) is 0.634. The molecule has 0 atom stereocenters. The highest BCUT2D eigenvalue weighted by atomic mass is 19.4. The van der Waals surface area contributed by atoms with E-state index in [1.165, 1.54) is 12.1 Å². The molecule has 0 N–H and O–H groups in total. The van der Waals surface area contributed by atoms with Crippen LogP contribution < -0.4 is 0 Å². The molecule has 0 aliphatic carbocycles. The van der Waals surface area contributed by atoms with Crippen LogP contribution in [0.4, 0.5) is 26.3 Å². The van der Waals surface area contributed by atoms with Crippen LogP contribution in [0.1, 0.15) is 11.1 Å². The summed E-state index contributed by atoms with van der Waals surface area (Å²) in [5.41, 5.74) is -2.55. The third-order valence-corrected chi connectivity index (χ3v) is 2.64. The van der Waals surface area contributed by atoms with Gasteiger partial charge in [0.25, 0.3) is 0 Å².